The Labute approximate surface area is 101 Å². The number of aryl methyl sites for hydroxylation is 2. The van der Waals surface area contributed by atoms with Crippen LogP contribution in [-0.2, 0) is 17.1 Å². The van der Waals surface area contributed by atoms with Crippen LogP contribution < -0.4 is 4.72 Å². The second-order valence-electron chi connectivity index (χ2n) is 3.65. The molecule has 0 aliphatic carbocycles. The zero-order valence-corrected chi connectivity index (χ0v) is 10.4. The molecule has 1 aromatic heterocycles. The summed E-state index contributed by atoms with van der Waals surface area (Å²) in [5.41, 5.74) is 0. The van der Waals surface area contributed by atoms with Crippen LogP contribution in [0.1, 0.15) is 5.82 Å². The van der Waals surface area contributed by atoms with E-state index in [1.54, 1.807) is 18.7 Å². The van der Waals surface area contributed by atoms with Crippen molar-refractivity contribution in [2.24, 2.45) is 7.05 Å². The summed E-state index contributed by atoms with van der Waals surface area (Å²) in [5, 5.41) is 8.29. The Balaban J connectivity index is 2.78. The van der Waals surface area contributed by atoms with E-state index < -0.39 is 33.9 Å². The van der Waals surface area contributed by atoms with E-state index in [1.807, 2.05) is 0 Å². The molecule has 18 heavy (non-hydrogen) atoms. The number of nitrogens with one attached hydrogen (secondary N) is 1. The van der Waals surface area contributed by atoms with Crippen molar-refractivity contribution in [3.05, 3.63) is 12.0 Å². The van der Waals surface area contributed by atoms with Crippen LogP contribution in [-0.4, -0.2) is 41.9 Å². The Morgan fingerprint density at radius 2 is 2.11 bits per heavy atom. The van der Waals surface area contributed by atoms with Gasteiger partial charge < -0.3 is 9.67 Å². The predicted molar refractivity (Wildman–Crippen MR) is 55.2 cm³/mol. The first-order chi connectivity index (χ1) is 8.04. The second kappa shape index (κ2) is 4.86. The van der Waals surface area contributed by atoms with Gasteiger partial charge >= 0.3 is 6.18 Å². The van der Waals surface area contributed by atoms with Crippen molar-refractivity contribution in [3.63, 3.8) is 0 Å². The smallest absolute Gasteiger partial charge is 0.382 e. The number of nitrogens with zero attached hydrogens (tertiary/aromatic N) is 2. The number of alkyl halides is 3. The molecule has 1 aromatic rings. The van der Waals surface area contributed by atoms with Gasteiger partial charge in [0.1, 0.15) is 5.82 Å². The molecule has 10 heteroatoms. The Kier molecular flexibility index (Phi) is 4.03. The first-order valence-electron chi connectivity index (χ1n) is 4.78. The molecule has 0 saturated carbocycles. The van der Waals surface area contributed by atoms with Gasteiger partial charge in [0.25, 0.3) is 10.0 Å². The van der Waals surface area contributed by atoms with E-state index in [2.05, 4.69) is 4.98 Å². The highest BCUT2D eigenvalue weighted by Gasteiger charge is 2.38. The van der Waals surface area contributed by atoms with Crippen LogP contribution in [0.2, 0.25) is 0 Å². The average Bonchev–Trinajstić information content (AvgIpc) is 2.55. The van der Waals surface area contributed by atoms with Crippen LogP contribution in [0.3, 0.4) is 0 Å². The number of aromatic nitrogens is 2. The number of hydrogen-bond donors (Lipinski definition) is 2. The van der Waals surface area contributed by atoms with E-state index >= 15 is 0 Å². The van der Waals surface area contributed by atoms with Crippen LogP contribution >= 0.6 is 0 Å². The summed E-state index contributed by atoms with van der Waals surface area (Å²) in [6.45, 7) is 0.394. The monoisotopic (exact) mass is 287 g/mol. The summed E-state index contributed by atoms with van der Waals surface area (Å²) >= 11 is 0. The number of imidazole rings is 1. The predicted octanol–water partition coefficient (Wildman–Crippen LogP) is -0.0700. The minimum absolute atomic E-state index is 0.392. The van der Waals surface area contributed by atoms with E-state index in [0.29, 0.717) is 5.82 Å². The van der Waals surface area contributed by atoms with Crippen molar-refractivity contribution in [2.75, 3.05) is 6.54 Å². The molecule has 1 unspecified atom stereocenters. The molecule has 6 nitrogen and oxygen atoms in total. The van der Waals surface area contributed by atoms with Crippen LogP contribution in [0.4, 0.5) is 13.2 Å². The van der Waals surface area contributed by atoms with Crippen LogP contribution in [0.5, 0.6) is 0 Å². The highest BCUT2D eigenvalue weighted by molar-refractivity contribution is 7.89. The standard InChI is InChI=1S/C8H12F3N3O3S/c1-5-13-7(4-14(5)2)18(16,17)12-3-6(15)8(9,10)11/h4,6,12,15H,3H2,1-2H3. The molecule has 1 rings (SSSR count). The molecule has 0 fully saturated rings. The van der Waals surface area contributed by atoms with Crippen LogP contribution in [0, 0.1) is 6.92 Å². The van der Waals surface area contributed by atoms with E-state index in [9.17, 15) is 21.6 Å². The summed E-state index contributed by atoms with van der Waals surface area (Å²) in [6, 6.07) is 0. The maximum Gasteiger partial charge on any atom is 0.415 e. The zero-order valence-electron chi connectivity index (χ0n) is 9.56. The maximum absolute atomic E-state index is 12.0. The number of aliphatic hydroxyl groups is 1. The van der Waals surface area contributed by atoms with Crippen molar-refractivity contribution in [1.82, 2.24) is 14.3 Å². The highest BCUT2D eigenvalue weighted by atomic mass is 32.2. The third-order valence-electron chi connectivity index (χ3n) is 2.21. The average molecular weight is 287 g/mol. The van der Waals surface area contributed by atoms with Crippen molar-refractivity contribution >= 4 is 10.0 Å². The highest BCUT2D eigenvalue weighted by Crippen LogP contribution is 2.19. The van der Waals surface area contributed by atoms with Gasteiger partial charge in [-0.25, -0.2) is 18.1 Å². The number of halogens is 3. The SMILES string of the molecule is Cc1nc(S(=O)(=O)NCC(O)C(F)(F)F)cn1C. The fourth-order valence-electron chi connectivity index (χ4n) is 1.03. The Morgan fingerprint density at radius 3 is 2.50 bits per heavy atom. The Bertz CT molecular complexity index is 504. The van der Waals surface area contributed by atoms with Gasteiger partial charge in [-0.15, -0.1) is 0 Å². The molecule has 1 atom stereocenters. The quantitative estimate of drug-likeness (QED) is 0.812. The number of sulfonamides is 1. The summed E-state index contributed by atoms with van der Waals surface area (Å²) in [4.78, 5) is 3.67. The molecule has 0 radical (unpaired) electrons. The molecule has 2 N–H and O–H groups in total. The summed E-state index contributed by atoms with van der Waals surface area (Å²) in [7, 11) is -2.61. The molecular weight excluding hydrogens is 275 g/mol. The van der Waals surface area contributed by atoms with Gasteiger partial charge in [0, 0.05) is 19.8 Å². The molecule has 0 amide bonds. The van der Waals surface area contributed by atoms with Gasteiger partial charge in [-0.2, -0.15) is 13.2 Å². The fourth-order valence-corrected chi connectivity index (χ4v) is 2.11. The number of rotatable bonds is 4. The largest absolute Gasteiger partial charge is 0.415 e. The molecule has 0 aliphatic rings. The van der Waals surface area contributed by atoms with Gasteiger partial charge in [-0.05, 0) is 6.92 Å². The number of hydrogen-bond acceptors (Lipinski definition) is 4. The molecule has 0 aromatic carbocycles. The van der Waals surface area contributed by atoms with Crippen molar-refractivity contribution in [2.45, 2.75) is 24.2 Å². The molecule has 1 heterocycles. The first-order valence-corrected chi connectivity index (χ1v) is 6.27. The fraction of sp³-hybridized carbons (Fsp3) is 0.625. The van der Waals surface area contributed by atoms with E-state index in [4.69, 9.17) is 5.11 Å². The minimum Gasteiger partial charge on any atom is -0.382 e. The lowest BCUT2D eigenvalue weighted by Crippen LogP contribution is -2.40. The van der Waals surface area contributed by atoms with Gasteiger partial charge in [0.2, 0.25) is 0 Å². The third-order valence-corrected chi connectivity index (χ3v) is 3.50. The minimum atomic E-state index is -4.87. The molecule has 0 aliphatic heterocycles. The van der Waals surface area contributed by atoms with E-state index in [0.717, 1.165) is 6.20 Å². The topological polar surface area (TPSA) is 84.2 Å². The lowest BCUT2D eigenvalue weighted by molar-refractivity contribution is -0.200. The summed E-state index contributed by atoms with van der Waals surface area (Å²) < 4.78 is 62.2. The van der Waals surface area contributed by atoms with Crippen molar-refractivity contribution < 1.29 is 26.7 Å². The molecule has 0 saturated heterocycles. The van der Waals surface area contributed by atoms with Crippen molar-refractivity contribution in [1.29, 1.82) is 0 Å². The molecule has 104 valence electrons. The van der Waals surface area contributed by atoms with Crippen LogP contribution in [0.15, 0.2) is 11.2 Å². The van der Waals surface area contributed by atoms with Gasteiger partial charge in [0.15, 0.2) is 11.1 Å². The lowest BCUT2D eigenvalue weighted by Gasteiger charge is -2.14. The zero-order chi connectivity index (χ0) is 14.1. The third kappa shape index (κ3) is 3.43. The van der Waals surface area contributed by atoms with Crippen molar-refractivity contribution in [3.8, 4) is 0 Å². The van der Waals surface area contributed by atoms with Gasteiger partial charge in [-0.1, -0.05) is 0 Å². The normalized spacial score (nSPS) is 14.8. The maximum atomic E-state index is 12.0. The summed E-state index contributed by atoms with van der Waals surface area (Å²) in [5.74, 6) is 0.395. The molecule has 0 bridgehead atoms. The molecule has 0 spiro atoms. The van der Waals surface area contributed by atoms with Gasteiger partial charge in [0.05, 0.1) is 0 Å². The van der Waals surface area contributed by atoms with E-state index in [1.165, 1.54) is 4.57 Å². The van der Waals surface area contributed by atoms with E-state index in [-0.39, 0.29) is 0 Å². The lowest BCUT2D eigenvalue weighted by atomic mass is 10.4. The Morgan fingerprint density at radius 1 is 1.56 bits per heavy atom. The van der Waals surface area contributed by atoms with Crippen LogP contribution in [0.25, 0.3) is 0 Å². The van der Waals surface area contributed by atoms with Gasteiger partial charge in [-0.3, -0.25) is 0 Å². The second-order valence-corrected chi connectivity index (χ2v) is 5.36. The molecular formula is C8H12F3N3O3S. The first kappa shape index (κ1) is 14.9. The Hall–Kier alpha value is -1.13. The summed E-state index contributed by atoms with van der Waals surface area (Å²) in [6.07, 6.45) is -6.46. The number of aliphatic hydroxyl groups excluding tert-OH is 1.